The molecule has 2 aromatic carbocycles. The van der Waals surface area contributed by atoms with Gasteiger partial charge in [-0.3, -0.25) is 9.59 Å². The zero-order valence-corrected chi connectivity index (χ0v) is 20.6. The van der Waals surface area contributed by atoms with E-state index in [1.807, 2.05) is 29.9 Å². The van der Waals surface area contributed by atoms with Crippen molar-refractivity contribution in [2.45, 2.75) is 13.8 Å². The number of nitrogens with one attached hydrogen (secondary N) is 1. The predicted molar refractivity (Wildman–Crippen MR) is 139 cm³/mol. The number of hydrogen-bond acceptors (Lipinski definition) is 4. The Morgan fingerprint density at radius 1 is 0.906 bits per heavy atom. The molecule has 5 nitrogen and oxygen atoms in total. The summed E-state index contributed by atoms with van der Waals surface area (Å²) >= 11 is 1.77. The molecule has 0 bridgehead atoms. The first-order valence-electron chi connectivity index (χ1n) is 10.1. The number of rotatable bonds is 6. The van der Waals surface area contributed by atoms with Crippen LogP contribution < -0.4 is 11.0 Å². The highest BCUT2D eigenvalue weighted by molar-refractivity contribution is 7.65. The number of H-pyrrole nitrogens is 1. The smallest absolute Gasteiger partial charge is 0.156 e. The first kappa shape index (κ1) is 21.2. The summed E-state index contributed by atoms with van der Waals surface area (Å²) < 4.78 is 4.46. The van der Waals surface area contributed by atoms with Crippen LogP contribution in [-0.4, -0.2) is 25.6 Å². The molecule has 0 saturated carbocycles. The number of hydrogen-bond donors (Lipinski definition) is 1. The van der Waals surface area contributed by atoms with Gasteiger partial charge in [-0.05, 0) is 52.3 Å². The Morgan fingerprint density at radius 2 is 1.56 bits per heavy atom. The molecule has 5 aromatic rings. The van der Waals surface area contributed by atoms with Crippen molar-refractivity contribution in [2.24, 2.45) is 7.05 Å². The van der Waals surface area contributed by atoms with E-state index < -0.39 is 0 Å². The van der Waals surface area contributed by atoms with E-state index in [-0.39, 0.29) is 28.2 Å². The summed E-state index contributed by atoms with van der Waals surface area (Å²) in [6, 6.07) is 17.0. The van der Waals surface area contributed by atoms with E-state index in [0.717, 1.165) is 33.5 Å². The van der Waals surface area contributed by atoms with E-state index in [4.69, 9.17) is 0 Å². The van der Waals surface area contributed by atoms with Crippen molar-refractivity contribution >= 4 is 70.7 Å². The van der Waals surface area contributed by atoms with Crippen molar-refractivity contribution < 1.29 is 9.59 Å². The zero-order valence-electron chi connectivity index (χ0n) is 17.8. The molecule has 160 valence electrons. The molecule has 2 atom stereocenters. The van der Waals surface area contributed by atoms with Gasteiger partial charge in [-0.2, -0.15) is 0 Å². The van der Waals surface area contributed by atoms with Gasteiger partial charge in [0.15, 0.2) is 11.0 Å². The van der Waals surface area contributed by atoms with E-state index in [1.165, 1.54) is 20.2 Å². The molecule has 0 amide bonds. The number of aromatic nitrogens is 3. The lowest BCUT2D eigenvalue weighted by Crippen LogP contribution is -2.12. The highest BCUT2D eigenvalue weighted by atomic mass is 32.1. The fourth-order valence-electron chi connectivity index (χ4n) is 3.88. The van der Waals surface area contributed by atoms with Gasteiger partial charge < -0.3 is 9.55 Å². The average Bonchev–Trinajstić information content (AvgIpc) is 3.44. The summed E-state index contributed by atoms with van der Waals surface area (Å²) in [6.07, 6.45) is 1.85. The Labute approximate surface area is 192 Å². The Kier molecular flexibility index (Phi) is 5.54. The van der Waals surface area contributed by atoms with Gasteiger partial charge in [0.25, 0.3) is 0 Å². The lowest BCUT2D eigenvalue weighted by atomic mass is 10.1. The van der Waals surface area contributed by atoms with Crippen LogP contribution in [0.1, 0.15) is 13.8 Å². The molecular weight excluding hydrogens is 456 g/mol. The summed E-state index contributed by atoms with van der Waals surface area (Å²) in [7, 11) is 2.21. The first-order valence-corrected chi connectivity index (χ1v) is 12.9. The molecular formula is C24H21N3O2P2S. The number of carbonyl (C=O) groups is 2. The number of imidazole rings is 1. The molecule has 3 aromatic heterocycles. The van der Waals surface area contributed by atoms with Crippen molar-refractivity contribution in [2.75, 3.05) is 0 Å². The zero-order chi connectivity index (χ0) is 22.4. The molecule has 0 spiro atoms. The highest BCUT2D eigenvalue weighted by Gasteiger charge is 2.13. The maximum absolute atomic E-state index is 11.5. The Hall–Kier alpha value is -2.65. The van der Waals surface area contributed by atoms with Crippen molar-refractivity contribution in [1.82, 2.24) is 14.5 Å². The van der Waals surface area contributed by atoms with Crippen molar-refractivity contribution in [1.29, 1.82) is 0 Å². The number of thiophene rings is 1. The molecule has 32 heavy (non-hydrogen) atoms. The number of benzene rings is 2. The number of nitrogens with zero attached hydrogens (tertiary/aromatic N) is 2. The van der Waals surface area contributed by atoms with Crippen LogP contribution in [0.5, 0.6) is 0 Å². The van der Waals surface area contributed by atoms with E-state index in [1.54, 1.807) is 25.2 Å². The molecule has 0 fully saturated rings. The third-order valence-electron chi connectivity index (χ3n) is 5.35. The fraction of sp³-hybridized carbons (Fsp3) is 0.125. The Morgan fingerprint density at radius 3 is 2.25 bits per heavy atom. The minimum absolute atomic E-state index is 0.0778. The SMILES string of the molecule is CC(=O)Pc1ccc(-c2ccc3c(c2)sc2cc(-c4cnc(PC(C)=O)n4C)ccc23)[nH]1. The molecule has 1 N–H and O–H groups in total. The average molecular weight is 477 g/mol. The summed E-state index contributed by atoms with van der Waals surface area (Å²) in [4.78, 5) is 30.7. The molecule has 3 heterocycles. The van der Waals surface area contributed by atoms with Crippen LogP contribution in [0.25, 0.3) is 42.7 Å². The molecule has 0 aliphatic rings. The van der Waals surface area contributed by atoms with Crippen LogP contribution in [0.15, 0.2) is 54.7 Å². The molecule has 0 saturated heterocycles. The second-order valence-corrected chi connectivity index (χ2v) is 11.7. The summed E-state index contributed by atoms with van der Waals surface area (Å²) in [5, 5.41) is 2.47. The van der Waals surface area contributed by atoms with E-state index >= 15 is 0 Å². The van der Waals surface area contributed by atoms with Crippen LogP contribution in [0, 0.1) is 0 Å². The van der Waals surface area contributed by atoms with Gasteiger partial charge in [0.05, 0.1) is 11.9 Å². The largest absolute Gasteiger partial charge is 0.355 e. The molecule has 0 aliphatic heterocycles. The number of aromatic amines is 1. The number of fused-ring (bicyclic) bond motifs is 3. The summed E-state index contributed by atoms with van der Waals surface area (Å²) in [6.45, 7) is 3.22. The van der Waals surface area contributed by atoms with Crippen LogP contribution >= 0.6 is 28.5 Å². The van der Waals surface area contributed by atoms with E-state index in [2.05, 4.69) is 46.4 Å². The quantitative estimate of drug-likeness (QED) is 0.344. The standard InChI is InChI=1S/C24H21N3O2P2S/c1-13(28)30-23-9-8-19(26-23)15-4-6-17-18-7-5-16(11-22(18)32-21(17)10-15)20-12-25-24(27(20)3)31-14(2)29/h4-12,26,30-31H,1-3H3. The van der Waals surface area contributed by atoms with Gasteiger partial charge in [0.2, 0.25) is 0 Å². The maximum Gasteiger partial charge on any atom is 0.156 e. The summed E-state index contributed by atoms with van der Waals surface area (Å²) in [5.41, 5.74) is 6.34. The Bertz CT molecular complexity index is 1510. The minimum Gasteiger partial charge on any atom is -0.355 e. The lowest BCUT2D eigenvalue weighted by molar-refractivity contribution is -0.110. The molecule has 0 radical (unpaired) electrons. The molecule has 2 unspecified atom stereocenters. The normalized spacial score (nSPS) is 12.2. The second-order valence-electron chi connectivity index (χ2n) is 7.70. The van der Waals surface area contributed by atoms with Gasteiger partial charge in [-0.25, -0.2) is 4.98 Å². The predicted octanol–water partition coefficient (Wildman–Crippen LogP) is 5.15. The maximum atomic E-state index is 11.5. The third kappa shape index (κ3) is 3.95. The minimum atomic E-state index is 0.0778. The van der Waals surface area contributed by atoms with Gasteiger partial charge in [-0.1, -0.05) is 24.3 Å². The third-order valence-corrected chi connectivity index (χ3v) is 8.42. The van der Waals surface area contributed by atoms with Gasteiger partial charge in [0, 0.05) is 52.5 Å². The van der Waals surface area contributed by atoms with Crippen LogP contribution in [0.3, 0.4) is 0 Å². The van der Waals surface area contributed by atoms with E-state index in [0.29, 0.717) is 0 Å². The fourth-order valence-corrected chi connectivity index (χ4v) is 6.54. The van der Waals surface area contributed by atoms with Gasteiger partial charge in [-0.15, -0.1) is 11.3 Å². The van der Waals surface area contributed by atoms with Gasteiger partial charge >= 0.3 is 0 Å². The topological polar surface area (TPSA) is 67.8 Å². The van der Waals surface area contributed by atoms with Crippen LogP contribution in [0.2, 0.25) is 0 Å². The van der Waals surface area contributed by atoms with Gasteiger partial charge in [0.1, 0.15) is 5.57 Å². The van der Waals surface area contributed by atoms with Crippen LogP contribution in [-0.2, 0) is 16.6 Å². The molecule has 8 heteroatoms. The van der Waals surface area contributed by atoms with Crippen molar-refractivity contribution in [3.63, 3.8) is 0 Å². The molecule has 0 aliphatic carbocycles. The van der Waals surface area contributed by atoms with Crippen molar-refractivity contribution in [3.8, 4) is 22.5 Å². The lowest BCUT2D eigenvalue weighted by Gasteiger charge is -2.05. The number of carbonyl (C=O) groups excluding carboxylic acids is 2. The monoisotopic (exact) mass is 477 g/mol. The first-order chi connectivity index (χ1) is 15.4. The Balaban J connectivity index is 1.53. The summed E-state index contributed by atoms with van der Waals surface area (Å²) in [5.74, 6) is 0. The van der Waals surface area contributed by atoms with Crippen LogP contribution in [0.4, 0.5) is 0 Å². The second kappa shape index (κ2) is 8.37. The highest BCUT2D eigenvalue weighted by Crippen LogP contribution is 2.38. The van der Waals surface area contributed by atoms with E-state index in [9.17, 15) is 9.59 Å². The molecule has 5 rings (SSSR count). The van der Waals surface area contributed by atoms with Crippen molar-refractivity contribution in [3.05, 3.63) is 54.7 Å².